The molecule has 3 heterocycles. The van der Waals surface area contributed by atoms with Gasteiger partial charge in [0.1, 0.15) is 5.82 Å². The third-order valence-electron chi connectivity index (χ3n) is 4.21. The lowest BCUT2D eigenvalue weighted by Gasteiger charge is -2.34. The minimum Gasteiger partial charge on any atom is -0.344 e. The van der Waals surface area contributed by atoms with Gasteiger partial charge in [0.05, 0.1) is 0 Å². The maximum atomic E-state index is 11.6. The van der Waals surface area contributed by atoms with Gasteiger partial charge in [-0.15, -0.1) is 0 Å². The van der Waals surface area contributed by atoms with E-state index in [1.54, 1.807) is 0 Å². The van der Waals surface area contributed by atoms with Crippen molar-refractivity contribution in [3.8, 4) is 0 Å². The Bertz CT molecular complexity index is 537. The first-order valence-electron chi connectivity index (χ1n) is 7.80. The Morgan fingerprint density at radius 3 is 2.32 bits per heavy atom. The molecule has 2 aliphatic heterocycles. The number of likely N-dealkylation sites (tertiary alicyclic amines) is 1. The molecule has 2 amide bonds. The number of rotatable bonds is 5. The summed E-state index contributed by atoms with van der Waals surface area (Å²) in [6.45, 7) is 7.04. The van der Waals surface area contributed by atoms with Crippen LogP contribution in [0.15, 0.2) is 0 Å². The van der Waals surface area contributed by atoms with E-state index < -0.39 is 0 Å². The smallest absolute Gasteiger partial charge is 0.229 e. The molecule has 0 spiro atoms. The Morgan fingerprint density at radius 1 is 1.05 bits per heavy atom. The van der Waals surface area contributed by atoms with Crippen molar-refractivity contribution in [2.75, 3.05) is 44.2 Å². The Morgan fingerprint density at radius 2 is 1.73 bits per heavy atom. The first kappa shape index (κ1) is 15.4. The van der Waals surface area contributed by atoms with E-state index in [0.29, 0.717) is 19.4 Å². The van der Waals surface area contributed by atoms with Crippen molar-refractivity contribution in [2.45, 2.75) is 26.2 Å². The lowest BCUT2D eigenvalue weighted by Crippen LogP contribution is -2.49. The highest BCUT2D eigenvalue weighted by molar-refractivity contribution is 7.09. The number of carbonyl (C=O) groups excluding carboxylic acids is 2. The molecule has 2 aliphatic rings. The van der Waals surface area contributed by atoms with E-state index in [4.69, 9.17) is 0 Å². The number of aryl methyl sites for hydroxylation is 1. The number of hydrogen-bond donors (Lipinski definition) is 0. The number of anilines is 1. The lowest BCUT2D eigenvalue weighted by atomic mass is 10.3. The SMILES string of the molecule is CCc1nsc(N2CCN(CCN3C(=O)CCC3=O)CC2)n1. The predicted octanol–water partition coefficient (Wildman–Crippen LogP) is 0.372. The molecule has 3 rings (SSSR count). The highest BCUT2D eigenvalue weighted by Crippen LogP contribution is 2.19. The number of piperazine rings is 1. The Hall–Kier alpha value is -1.54. The summed E-state index contributed by atoms with van der Waals surface area (Å²) in [5.41, 5.74) is 0. The van der Waals surface area contributed by atoms with Gasteiger partial charge in [0.15, 0.2) is 0 Å². The van der Waals surface area contributed by atoms with Gasteiger partial charge >= 0.3 is 0 Å². The van der Waals surface area contributed by atoms with Gasteiger partial charge in [-0.1, -0.05) is 6.92 Å². The maximum Gasteiger partial charge on any atom is 0.229 e. The lowest BCUT2D eigenvalue weighted by molar-refractivity contribution is -0.138. The minimum absolute atomic E-state index is 0.0235. The molecule has 0 radical (unpaired) electrons. The topological polar surface area (TPSA) is 69.6 Å². The van der Waals surface area contributed by atoms with Crippen molar-refractivity contribution >= 4 is 28.5 Å². The van der Waals surface area contributed by atoms with E-state index >= 15 is 0 Å². The van der Waals surface area contributed by atoms with E-state index in [1.165, 1.54) is 16.4 Å². The number of amides is 2. The molecule has 120 valence electrons. The van der Waals surface area contributed by atoms with Crippen molar-refractivity contribution in [2.24, 2.45) is 0 Å². The summed E-state index contributed by atoms with van der Waals surface area (Å²) in [6, 6.07) is 0. The van der Waals surface area contributed by atoms with Crippen molar-refractivity contribution in [3.05, 3.63) is 5.82 Å². The molecule has 2 fully saturated rings. The molecule has 0 atom stereocenters. The first-order chi connectivity index (χ1) is 10.7. The maximum absolute atomic E-state index is 11.6. The quantitative estimate of drug-likeness (QED) is 0.729. The molecule has 0 unspecified atom stereocenters. The zero-order valence-electron chi connectivity index (χ0n) is 12.8. The van der Waals surface area contributed by atoms with Crippen LogP contribution in [0.3, 0.4) is 0 Å². The second-order valence-corrected chi connectivity index (χ2v) is 6.34. The fourth-order valence-electron chi connectivity index (χ4n) is 2.79. The Labute approximate surface area is 134 Å². The number of aromatic nitrogens is 2. The molecule has 0 N–H and O–H groups in total. The third kappa shape index (κ3) is 3.27. The number of hydrogen-bond acceptors (Lipinski definition) is 7. The van der Waals surface area contributed by atoms with Crippen LogP contribution < -0.4 is 4.90 Å². The second-order valence-electron chi connectivity index (χ2n) is 5.61. The monoisotopic (exact) mass is 323 g/mol. The van der Waals surface area contributed by atoms with Crippen LogP contribution in [0.25, 0.3) is 0 Å². The van der Waals surface area contributed by atoms with Crippen molar-refractivity contribution in [1.29, 1.82) is 0 Å². The fraction of sp³-hybridized carbons (Fsp3) is 0.714. The predicted molar refractivity (Wildman–Crippen MR) is 83.9 cm³/mol. The van der Waals surface area contributed by atoms with E-state index in [1.807, 2.05) is 0 Å². The molecule has 0 aromatic carbocycles. The second kappa shape index (κ2) is 6.70. The molecule has 1 aromatic heterocycles. The summed E-state index contributed by atoms with van der Waals surface area (Å²) >= 11 is 1.46. The highest BCUT2D eigenvalue weighted by Gasteiger charge is 2.29. The third-order valence-corrected chi connectivity index (χ3v) is 5.03. The van der Waals surface area contributed by atoms with Crippen LogP contribution in [-0.2, 0) is 16.0 Å². The van der Waals surface area contributed by atoms with Crippen LogP contribution in [-0.4, -0.2) is 70.2 Å². The standard InChI is InChI=1S/C14H21N5O2S/c1-2-11-15-14(22-16-11)18-8-5-17(6-9-18)7-10-19-12(20)3-4-13(19)21/h2-10H2,1H3. The first-order valence-corrected chi connectivity index (χ1v) is 8.58. The van der Waals surface area contributed by atoms with Gasteiger partial charge in [-0.25, -0.2) is 4.98 Å². The van der Waals surface area contributed by atoms with Crippen molar-refractivity contribution in [1.82, 2.24) is 19.2 Å². The van der Waals surface area contributed by atoms with Crippen LogP contribution in [0.4, 0.5) is 5.13 Å². The van der Waals surface area contributed by atoms with Crippen LogP contribution in [0, 0.1) is 0 Å². The van der Waals surface area contributed by atoms with E-state index in [-0.39, 0.29) is 11.8 Å². The number of nitrogens with zero attached hydrogens (tertiary/aromatic N) is 5. The van der Waals surface area contributed by atoms with Crippen LogP contribution in [0.2, 0.25) is 0 Å². The molecule has 22 heavy (non-hydrogen) atoms. The summed E-state index contributed by atoms with van der Waals surface area (Å²) in [4.78, 5) is 33.7. The van der Waals surface area contributed by atoms with Crippen LogP contribution >= 0.6 is 11.5 Å². The Kier molecular flexibility index (Phi) is 4.68. The van der Waals surface area contributed by atoms with Crippen molar-refractivity contribution < 1.29 is 9.59 Å². The summed E-state index contributed by atoms with van der Waals surface area (Å²) in [7, 11) is 0. The molecular weight excluding hydrogens is 302 g/mol. The number of imide groups is 1. The minimum atomic E-state index is -0.0235. The van der Waals surface area contributed by atoms with Gasteiger partial charge in [-0.2, -0.15) is 4.37 Å². The molecular formula is C14H21N5O2S. The summed E-state index contributed by atoms with van der Waals surface area (Å²) in [6.07, 6.45) is 1.63. The van der Waals surface area contributed by atoms with Gasteiger partial charge in [-0.3, -0.25) is 19.4 Å². The van der Waals surface area contributed by atoms with E-state index in [2.05, 4.69) is 26.1 Å². The normalized spacial score (nSPS) is 20.2. The summed E-state index contributed by atoms with van der Waals surface area (Å²) in [5.74, 6) is 0.864. The molecule has 8 heteroatoms. The van der Waals surface area contributed by atoms with Gasteiger partial charge in [0, 0.05) is 70.1 Å². The molecule has 0 aliphatic carbocycles. The van der Waals surface area contributed by atoms with Gasteiger partial charge in [-0.05, 0) is 0 Å². The van der Waals surface area contributed by atoms with Gasteiger partial charge < -0.3 is 4.90 Å². The average molecular weight is 323 g/mol. The van der Waals surface area contributed by atoms with Crippen LogP contribution in [0.5, 0.6) is 0 Å². The Balaban J connectivity index is 1.45. The van der Waals surface area contributed by atoms with Gasteiger partial charge in [0.25, 0.3) is 0 Å². The highest BCUT2D eigenvalue weighted by atomic mass is 32.1. The number of carbonyl (C=O) groups is 2. The largest absolute Gasteiger partial charge is 0.344 e. The van der Waals surface area contributed by atoms with Gasteiger partial charge in [0.2, 0.25) is 16.9 Å². The molecule has 0 saturated carbocycles. The zero-order chi connectivity index (χ0) is 15.5. The summed E-state index contributed by atoms with van der Waals surface area (Å²) in [5, 5.41) is 1.00. The average Bonchev–Trinajstić information content (AvgIpc) is 3.14. The summed E-state index contributed by atoms with van der Waals surface area (Å²) < 4.78 is 4.33. The zero-order valence-corrected chi connectivity index (χ0v) is 13.6. The molecule has 0 bridgehead atoms. The van der Waals surface area contributed by atoms with Crippen molar-refractivity contribution in [3.63, 3.8) is 0 Å². The fourth-order valence-corrected chi connectivity index (χ4v) is 3.59. The van der Waals surface area contributed by atoms with Crippen LogP contribution in [0.1, 0.15) is 25.6 Å². The molecule has 7 nitrogen and oxygen atoms in total. The molecule has 2 saturated heterocycles. The van der Waals surface area contributed by atoms with E-state index in [0.717, 1.165) is 50.1 Å². The molecule has 1 aromatic rings. The van der Waals surface area contributed by atoms with E-state index in [9.17, 15) is 9.59 Å².